The standard InChI is InChI=1S/C9H18N2O2/c1-7-5-10-6-8(7)9(12)11-3-4-13-2/h7-8,10H,3-6H2,1-2H3,(H,11,12). The van der Waals surface area contributed by atoms with E-state index >= 15 is 0 Å². The number of ether oxygens (including phenoxy) is 1. The lowest BCUT2D eigenvalue weighted by Gasteiger charge is -2.13. The van der Waals surface area contributed by atoms with E-state index in [2.05, 4.69) is 17.6 Å². The molecule has 0 aromatic heterocycles. The Morgan fingerprint density at radius 2 is 2.38 bits per heavy atom. The Balaban J connectivity index is 2.22. The number of hydrogen-bond acceptors (Lipinski definition) is 3. The summed E-state index contributed by atoms with van der Waals surface area (Å²) in [6.45, 7) is 5.04. The summed E-state index contributed by atoms with van der Waals surface area (Å²) in [6, 6.07) is 0. The first-order valence-electron chi connectivity index (χ1n) is 4.73. The van der Waals surface area contributed by atoms with Crippen LogP contribution in [0.2, 0.25) is 0 Å². The first-order chi connectivity index (χ1) is 6.25. The third-order valence-corrected chi connectivity index (χ3v) is 2.46. The van der Waals surface area contributed by atoms with E-state index in [1.54, 1.807) is 7.11 Å². The number of carbonyl (C=O) groups excluding carboxylic acids is 1. The minimum absolute atomic E-state index is 0.136. The van der Waals surface area contributed by atoms with Crippen LogP contribution in [-0.2, 0) is 9.53 Å². The highest BCUT2D eigenvalue weighted by Crippen LogP contribution is 2.15. The van der Waals surface area contributed by atoms with Gasteiger partial charge < -0.3 is 15.4 Å². The van der Waals surface area contributed by atoms with Crippen LogP contribution in [0, 0.1) is 11.8 Å². The molecule has 0 spiro atoms. The molecule has 2 atom stereocenters. The van der Waals surface area contributed by atoms with Crippen LogP contribution < -0.4 is 10.6 Å². The quantitative estimate of drug-likeness (QED) is 0.588. The van der Waals surface area contributed by atoms with Crippen molar-refractivity contribution in [2.45, 2.75) is 6.92 Å². The summed E-state index contributed by atoms with van der Waals surface area (Å²) in [5.74, 6) is 0.731. The predicted octanol–water partition coefficient (Wildman–Crippen LogP) is -0.395. The van der Waals surface area contributed by atoms with E-state index < -0.39 is 0 Å². The van der Waals surface area contributed by atoms with Crippen LogP contribution >= 0.6 is 0 Å². The molecular formula is C9H18N2O2. The molecule has 0 aromatic carbocycles. The highest BCUT2D eigenvalue weighted by atomic mass is 16.5. The summed E-state index contributed by atoms with van der Waals surface area (Å²) in [5, 5.41) is 6.05. The van der Waals surface area contributed by atoms with Crippen LogP contribution in [0.3, 0.4) is 0 Å². The lowest BCUT2D eigenvalue weighted by atomic mass is 9.97. The Bertz CT molecular complexity index is 173. The van der Waals surface area contributed by atoms with Gasteiger partial charge in [-0.25, -0.2) is 0 Å². The highest BCUT2D eigenvalue weighted by Gasteiger charge is 2.28. The first-order valence-corrected chi connectivity index (χ1v) is 4.73. The maximum atomic E-state index is 11.5. The largest absolute Gasteiger partial charge is 0.383 e. The van der Waals surface area contributed by atoms with Gasteiger partial charge in [0.15, 0.2) is 0 Å². The molecule has 1 aliphatic heterocycles. The fourth-order valence-electron chi connectivity index (χ4n) is 1.57. The SMILES string of the molecule is COCCNC(=O)C1CNCC1C. The molecule has 0 aromatic rings. The molecule has 1 amide bonds. The molecular weight excluding hydrogens is 168 g/mol. The maximum Gasteiger partial charge on any atom is 0.224 e. The van der Waals surface area contributed by atoms with Crippen molar-refractivity contribution in [3.8, 4) is 0 Å². The number of nitrogens with one attached hydrogen (secondary N) is 2. The van der Waals surface area contributed by atoms with Gasteiger partial charge in [-0.1, -0.05) is 6.92 Å². The average molecular weight is 186 g/mol. The van der Waals surface area contributed by atoms with Crippen molar-refractivity contribution in [2.75, 3.05) is 33.4 Å². The van der Waals surface area contributed by atoms with Crippen LogP contribution in [0.1, 0.15) is 6.92 Å². The summed E-state index contributed by atoms with van der Waals surface area (Å²) in [4.78, 5) is 11.5. The topological polar surface area (TPSA) is 50.4 Å². The molecule has 13 heavy (non-hydrogen) atoms. The summed E-state index contributed by atoms with van der Waals surface area (Å²) in [5.41, 5.74) is 0. The van der Waals surface area contributed by atoms with E-state index in [-0.39, 0.29) is 11.8 Å². The van der Waals surface area contributed by atoms with Gasteiger partial charge in [0.05, 0.1) is 12.5 Å². The van der Waals surface area contributed by atoms with E-state index in [4.69, 9.17) is 4.74 Å². The Hall–Kier alpha value is -0.610. The molecule has 0 bridgehead atoms. The normalized spacial score (nSPS) is 27.5. The van der Waals surface area contributed by atoms with Gasteiger partial charge in [0.25, 0.3) is 0 Å². The minimum atomic E-state index is 0.136. The molecule has 0 radical (unpaired) electrons. The molecule has 76 valence electrons. The number of carbonyl (C=O) groups is 1. The second-order valence-electron chi connectivity index (χ2n) is 3.53. The summed E-state index contributed by atoms with van der Waals surface area (Å²) in [7, 11) is 1.63. The van der Waals surface area contributed by atoms with Crippen LogP contribution in [0.4, 0.5) is 0 Å². The van der Waals surface area contributed by atoms with Gasteiger partial charge in [0.1, 0.15) is 0 Å². The van der Waals surface area contributed by atoms with Crippen LogP contribution in [-0.4, -0.2) is 39.3 Å². The molecule has 2 unspecified atom stereocenters. The molecule has 1 heterocycles. The van der Waals surface area contributed by atoms with Gasteiger partial charge in [-0.05, 0) is 12.5 Å². The van der Waals surface area contributed by atoms with E-state index in [1.165, 1.54) is 0 Å². The monoisotopic (exact) mass is 186 g/mol. The maximum absolute atomic E-state index is 11.5. The lowest BCUT2D eigenvalue weighted by Crippen LogP contribution is -2.36. The van der Waals surface area contributed by atoms with E-state index in [9.17, 15) is 4.79 Å². The van der Waals surface area contributed by atoms with Crippen LogP contribution in [0.15, 0.2) is 0 Å². The molecule has 2 N–H and O–H groups in total. The fraction of sp³-hybridized carbons (Fsp3) is 0.889. The van der Waals surface area contributed by atoms with E-state index in [0.717, 1.165) is 13.1 Å². The lowest BCUT2D eigenvalue weighted by molar-refractivity contribution is -0.125. The van der Waals surface area contributed by atoms with Gasteiger partial charge in [0, 0.05) is 20.2 Å². The second kappa shape index (κ2) is 5.19. The smallest absolute Gasteiger partial charge is 0.224 e. The van der Waals surface area contributed by atoms with Crippen molar-refractivity contribution in [1.82, 2.24) is 10.6 Å². The van der Waals surface area contributed by atoms with Gasteiger partial charge in [-0.15, -0.1) is 0 Å². The van der Waals surface area contributed by atoms with Crippen molar-refractivity contribution >= 4 is 5.91 Å². The molecule has 1 saturated heterocycles. The third kappa shape index (κ3) is 2.97. The Labute approximate surface area is 79.0 Å². The van der Waals surface area contributed by atoms with Gasteiger partial charge in [-0.2, -0.15) is 0 Å². The molecule has 4 heteroatoms. The van der Waals surface area contributed by atoms with E-state index in [1.807, 2.05) is 0 Å². The zero-order chi connectivity index (χ0) is 9.68. The number of hydrogen-bond donors (Lipinski definition) is 2. The second-order valence-corrected chi connectivity index (χ2v) is 3.53. The van der Waals surface area contributed by atoms with E-state index in [0.29, 0.717) is 19.1 Å². The van der Waals surface area contributed by atoms with Crippen molar-refractivity contribution in [2.24, 2.45) is 11.8 Å². The Kier molecular flexibility index (Phi) is 4.18. The van der Waals surface area contributed by atoms with Gasteiger partial charge in [-0.3, -0.25) is 4.79 Å². The Morgan fingerprint density at radius 1 is 1.62 bits per heavy atom. The van der Waals surface area contributed by atoms with Crippen molar-refractivity contribution < 1.29 is 9.53 Å². The van der Waals surface area contributed by atoms with Gasteiger partial charge in [0.2, 0.25) is 5.91 Å². The summed E-state index contributed by atoms with van der Waals surface area (Å²) in [6.07, 6.45) is 0. The highest BCUT2D eigenvalue weighted by molar-refractivity contribution is 5.79. The fourth-order valence-corrected chi connectivity index (χ4v) is 1.57. The molecule has 1 rings (SSSR count). The molecule has 1 fully saturated rings. The molecule has 1 aliphatic rings. The minimum Gasteiger partial charge on any atom is -0.383 e. The van der Waals surface area contributed by atoms with Crippen molar-refractivity contribution in [3.05, 3.63) is 0 Å². The number of rotatable bonds is 4. The van der Waals surface area contributed by atoms with Gasteiger partial charge >= 0.3 is 0 Å². The number of amides is 1. The summed E-state index contributed by atoms with van der Waals surface area (Å²) < 4.78 is 4.85. The van der Waals surface area contributed by atoms with Crippen molar-refractivity contribution in [3.63, 3.8) is 0 Å². The van der Waals surface area contributed by atoms with Crippen molar-refractivity contribution in [1.29, 1.82) is 0 Å². The molecule has 0 aliphatic carbocycles. The van der Waals surface area contributed by atoms with Crippen LogP contribution in [0.5, 0.6) is 0 Å². The first kappa shape index (κ1) is 10.5. The zero-order valence-electron chi connectivity index (χ0n) is 8.30. The Morgan fingerprint density at radius 3 is 2.92 bits per heavy atom. The predicted molar refractivity (Wildman–Crippen MR) is 50.4 cm³/mol. The molecule has 4 nitrogen and oxygen atoms in total. The molecule has 0 saturated carbocycles. The summed E-state index contributed by atoms with van der Waals surface area (Å²) >= 11 is 0. The number of methoxy groups -OCH3 is 1. The average Bonchev–Trinajstić information content (AvgIpc) is 2.52. The van der Waals surface area contributed by atoms with Crippen LogP contribution in [0.25, 0.3) is 0 Å². The third-order valence-electron chi connectivity index (χ3n) is 2.46. The zero-order valence-corrected chi connectivity index (χ0v) is 8.30.